The van der Waals surface area contributed by atoms with Crippen molar-refractivity contribution in [2.24, 2.45) is 0 Å². The number of para-hydroxylation sites is 4. The average Bonchev–Trinajstić information content (AvgIpc) is 0.982. The van der Waals surface area contributed by atoms with Gasteiger partial charge in [-0.3, -0.25) is 0 Å². The fourth-order valence-corrected chi connectivity index (χ4v) is 13.1. The first-order chi connectivity index (χ1) is 53.3. The molecule has 89 heavy (non-hydrogen) atoms. The molecule has 18 rings (SSSR count). The lowest BCUT2D eigenvalue weighted by atomic mass is 9.33. The summed E-state index contributed by atoms with van der Waals surface area (Å²) in [5.74, 6) is 0. The highest BCUT2D eigenvalue weighted by Crippen LogP contribution is 2.52. The molecule has 4 heterocycles. The van der Waals surface area contributed by atoms with Crippen molar-refractivity contribution in [3.63, 3.8) is 0 Å². The van der Waals surface area contributed by atoms with Crippen molar-refractivity contribution < 1.29 is 30.2 Å². The van der Waals surface area contributed by atoms with E-state index >= 15 is 0 Å². The summed E-state index contributed by atoms with van der Waals surface area (Å²) in [6.45, 7) is -1.60. The van der Waals surface area contributed by atoms with Crippen molar-refractivity contribution in [1.29, 1.82) is 0 Å². The van der Waals surface area contributed by atoms with Gasteiger partial charge in [0.05, 0.1) is 63.6 Å². The van der Waals surface area contributed by atoms with Crippen LogP contribution in [0.3, 0.4) is 0 Å². The van der Waals surface area contributed by atoms with Gasteiger partial charge >= 0.3 is 0 Å². The van der Waals surface area contributed by atoms with Gasteiger partial charge in [0.15, 0.2) is 0 Å². The molecule has 0 unspecified atom stereocenters. The summed E-state index contributed by atoms with van der Waals surface area (Å²) in [6.07, 6.45) is 0. The molecule has 14 aromatic carbocycles. The van der Waals surface area contributed by atoms with Crippen LogP contribution in [0.5, 0.6) is 0 Å². The minimum Gasteiger partial charge on any atom is -0.311 e. The van der Waals surface area contributed by atoms with Crippen LogP contribution in [0.4, 0.5) is 34.1 Å². The first-order valence-corrected chi connectivity index (χ1v) is 29.0. The highest BCUT2D eigenvalue weighted by atomic mass is 15.2. The summed E-state index contributed by atoms with van der Waals surface area (Å²) in [4.78, 5) is 3.57. The van der Waals surface area contributed by atoms with Crippen molar-refractivity contribution >= 4 is 101 Å². The van der Waals surface area contributed by atoms with E-state index in [0.29, 0.717) is 50.2 Å². The Morgan fingerprint density at radius 2 is 0.584 bits per heavy atom. The minimum absolute atomic E-state index is 0.158. The zero-order chi connectivity index (χ0) is 77.7. The Morgan fingerprint density at radius 1 is 0.258 bits per heavy atom. The second kappa shape index (κ2) is 20.5. The number of hydrogen-bond acceptors (Lipinski definition) is 2. The first kappa shape index (κ1) is 33.3. The van der Waals surface area contributed by atoms with Gasteiger partial charge in [-0.2, -0.15) is 0 Å². The predicted octanol–water partition coefficient (Wildman–Crippen LogP) is 20.3. The zero-order valence-corrected chi connectivity index (χ0v) is 46.9. The second-order valence-electron chi connectivity index (χ2n) is 21.9. The van der Waals surface area contributed by atoms with Crippen LogP contribution in [0.25, 0.3) is 111 Å². The Kier molecular flexibility index (Phi) is 7.68. The summed E-state index contributed by atoms with van der Waals surface area (Å²) in [5, 5.41) is -1.40. The van der Waals surface area contributed by atoms with Crippen molar-refractivity contribution in [3.8, 4) is 67.0 Å². The van der Waals surface area contributed by atoms with E-state index in [-0.39, 0.29) is 55.2 Å². The molecule has 0 fully saturated rings. The van der Waals surface area contributed by atoms with E-state index in [1.165, 1.54) is 0 Å². The van der Waals surface area contributed by atoms with Crippen LogP contribution >= 0.6 is 0 Å². The SMILES string of the molecule is [2H]c1c([2H])c(-n2c3c([2H])c([2H])c([2H])c([2H])c3c3c([2H])c([2H])c([2H])c([2H])c32)c([2H])c2c1B1c3c(cc(-c4ccccc4)cc3N(c3ccc(-c4ccccc4)cc3-c3ccccc3)c3c([2H])c(-n4c5c([2H])c([2H])c([2H])c([2H])c5c5c([2H])c([2H])c([2H])c([2H])c54)c([2H])c([2H])c31)N2c1ccc(-c2ccccc2)cc1-c1ccccc1. The molecule has 414 valence electrons. The fourth-order valence-electron chi connectivity index (χ4n) is 13.1. The molecular weight excluding hydrogens is 1080 g/mol. The largest absolute Gasteiger partial charge is 0.311 e. The maximum absolute atomic E-state index is 11.4. The van der Waals surface area contributed by atoms with Crippen LogP contribution < -0.4 is 26.2 Å². The molecule has 0 spiro atoms. The van der Waals surface area contributed by atoms with E-state index < -0.39 is 173 Å². The monoisotopic (exact) mass is 1150 g/mol. The molecule has 0 saturated heterocycles. The van der Waals surface area contributed by atoms with Gasteiger partial charge in [0.25, 0.3) is 6.71 Å². The third-order valence-electron chi connectivity index (χ3n) is 17.0. The number of nitrogens with zero attached hydrogens (tertiary/aromatic N) is 4. The van der Waals surface area contributed by atoms with Gasteiger partial charge in [-0.05, 0) is 146 Å². The van der Waals surface area contributed by atoms with Crippen molar-refractivity contribution in [1.82, 2.24) is 9.13 Å². The molecule has 4 nitrogen and oxygen atoms in total. The molecular formula is C84H55BN4. The number of anilines is 6. The topological polar surface area (TPSA) is 16.3 Å². The highest BCUT2D eigenvalue weighted by molar-refractivity contribution is 7.00. The third-order valence-corrected chi connectivity index (χ3v) is 17.0. The molecule has 2 aliphatic heterocycles. The summed E-state index contributed by atoms with van der Waals surface area (Å²) in [7, 11) is 0. The lowest BCUT2D eigenvalue weighted by Crippen LogP contribution is -2.61. The van der Waals surface area contributed by atoms with Crippen LogP contribution in [0.2, 0.25) is 0 Å². The average molecular weight is 1150 g/mol. The smallest absolute Gasteiger partial charge is 0.252 e. The first-order valence-electron chi connectivity index (χ1n) is 40.0. The Morgan fingerprint density at radius 3 is 0.944 bits per heavy atom. The standard InChI is InChI=1S/C84H55BN4/c1-6-24-56(25-7-1)61-42-48-78(70(50-61)59-30-12-4-13-31-59)88-80-54-64(86-74-38-20-16-34-66(74)67-35-17-21-39-75(67)86)44-46-72(80)85-73-47-45-65(87-76-40-22-18-36-68(76)69-37-19-23-41-77(69)87)55-81(73)89(83-53-63(52-82(88)84(83)85)58-28-10-3-11-29-58)79-49-43-62(57-26-8-2-9-27-57)51-71(79)60-32-14-5-15-33-60/h1-55H/i16D,17D,18D,19D,20D,21D,22D,23D,34D,35D,36D,37D,38D,39D,40D,41D,44D,45D,46D,47D,54D,55D. The maximum Gasteiger partial charge on any atom is 0.252 e. The second-order valence-corrected chi connectivity index (χ2v) is 21.9. The molecule has 0 aliphatic carbocycles. The van der Waals surface area contributed by atoms with Gasteiger partial charge in [0, 0.05) is 66.8 Å². The van der Waals surface area contributed by atoms with Crippen LogP contribution in [0.15, 0.2) is 333 Å². The van der Waals surface area contributed by atoms with E-state index in [1.807, 2.05) is 200 Å². The Labute approximate surface area is 548 Å². The van der Waals surface area contributed by atoms with E-state index in [1.54, 1.807) is 9.80 Å². The lowest BCUT2D eigenvalue weighted by Gasteiger charge is -2.45. The van der Waals surface area contributed by atoms with E-state index in [0.717, 1.165) is 31.4 Å². The predicted molar refractivity (Wildman–Crippen MR) is 376 cm³/mol. The summed E-state index contributed by atoms with van der Waals surface area (Å²) >= 11 is 0. The van der Waals surface area contributed by atoms with Gasteiger partial charge in [0.1, 0.15) is 0 Å². The molecule has 0 bridgehead atoms. The minimum atomic E-state index is -1.60. The molecule has 0 amide bonds. The van der Waals surface area contributed by atoms with Crippen molar-refractivity contribution in [3.05, 3.63) is 333 Å². The van der Waals surface area contributed by atoms with Crippen molar-refractivity contribution in [2.45, 2.75) is 0 Å². The van der Waals surface area contributed by atoms with Gasteiger partial charge in [0.2, 0.25) is 0 Å². The molecule has 0 saturated carbocycles. The summed E-state index contributed by atoms with van der Waals surface area (Å²) in [5.41, 5.74) is 4.97. The number of aromatic nitrogens is 2. The molecule has 0 atom stereocenters. The fraction of sp³-hybridized carbons (Fsp3) is 0. The summed E-state index contributed by atoms with van der Waals surface area (Å²) in [6, 6.07) is 47.0. The number of rotatable bonds is 9. The normalized spacial score (nSPS) is 15.9. The molecule has 2 aromatic heterocycles. The molecule has 16 aromatic rings. The van der Waals surface area contributed by atoms with Gasteiger partial charge in [-0.15, -0.1) is 0 Å². The highest BCUT2D eigenvalue weighted by Gasteiger charge is 2.45. The van der Waals surface area contributed by atoms with E-state index in [2.05, 4.69) is 0 Å². The van der Waals surface area contributed by atoms with Gasteiger partial charge in [-0.25, -0.2) is 0 Å². The number of fused-ring (bicyclic) bond motifs is 10. The molecule has 2 aliphatic rings. The Balaban J connectivity index is 1.08. The zero-order valence-electron chi connectivity index (χ0n) is 68.9. The quantitative estimate of drug-likeness (QED) is 0.134. The third kappa shape index (κ3) is 8.09. The number of benzene rings is 14. The Bertz CT molecular complexity index is 6260. The summed E-state index contributed by atoms with van der Waals surface area (Å²) < 4.78 is 218. The Hall–Kier alpha value is -11.7. The molecule has 0 N–H and O–H groups in total. The van der Waals surface area contributed by atoms with E-state index in [4.69, 9.17) is 11.0 Å². The van der Waals surface area contributed by atoms with Crippen LogP contribution in [-0.2, 0) is 0 Å². The lowest BCUT2D eigenvalue weighted by molar-refractivity contribution is 1.17. The van der Waals surface area contributed by atoms with Gasteiger partial charge < -0.3 is 18.9 Å². The maximum atomic E-state index is 11.4. The van der Waals surface area contributed by atoms with Gasteiger partial charge in [-0.1, -0.05) is 248 Å². The van der Waals surface area contributed by atoms with Crippen LogP contribution in [0, 0.1) is 0 Å². The van der Waals surface area contributed by atoms with Crippen LogP contribution in [0.1, 0.15) is 30.2 Å². The van der Waals surface area contributed by atoms with Crippen molar-refractivity contribution in [2.75, 3.05) is 9.80 Å². The van der Waals surface area contributed by atoms with E-state index in [9.17, 15) is 19.2 Å². The molecule has 5 heteroatoms. The van der Waals surface area contributed by atoms with Crippen LogP contribution in [-0.4, -0.2) is 15.8 Å². The number of hydrogen-bond donors (Lipinski definition) is 0. The molecule has 0 radical (unpaired) electrons.